The van der Waals surface area contributed by atoms with Crippen molar-refractivity contribution in [2.75, 3.05) is 42.5 Å². The summed E-state index contributed by atoms with van der Waals surface area (Å²) in [6.45, 7) is 8.14. The van der Waals surface area contributed by atoms with E-state index in [-0.39, 0.29) is 5.82 Å². The van der Waals surface area contributed by atoms with Crippen molar-refractivity contribution in [3.8, 4) is 0 Å². The van der Waals surface area contributed by atoms with E-state index in [1.54, 1.807) is 6.07 Å². The van der Waals surface area contributed by atoms with Crippen LogP contribution in [-0.4, -0.2) is 47.6 Å². The van der Waals surface area contributed by atoms with Gasteiger partial charge in [0, 0.05) is 64.0 Å². The van der Waals surface area contributed by atoms with E-state index in [1.807, 2.05) is 18.3 Å². The summed E-state index contributed by atoms with van der Waals surface area (Å²) in [5.74, 6) is 0.648. The number of hydrogen-bond donors (Lipinski definition) is 0. The van der Waals surface area contributed by atoms with Crippen molar-refractivity contribution in [2.45, 2.75) is 26.4 Å². The summed E-state index contributed by atoms with van der Waals surface area (Å²) >= 11 is 0. The van der Waals surface area contributed by atoms with Gasteiger partial charge in [-0.1, -0.05) is 42.0 Å². The second-order valence-corrected chi connectivity index (χ2v) is 8.52. The number of halogens is 1. The molecule has 0 bridgehead atoms. The molecule has 0 spiro atoms. The Balaban J connectivity index is 1.22. The standard InChI is InChI=1S/C25H28FN5/c1-19-5-4-6-20(15-19)17-29-10-9-23-21(18-29)16-27-25(28-23)31-13-11-30(12-14-31)24-8-3-2-7-22(24)26/h2-8,15-16H,9-14,17-18H2,1H3. The molecule has 160 valence electrons. The molecule has 3 aromatic rings. The summed E-state index contributed by atoms with van der Waals surface area (Å²) in [4.78, 5) is 16.4. The van der Waals surface area contributed by atoms with Crippen molar-refractivity contribution in [3.63, 3.8) is 0 Å². The van der Waals surface area contributed by atoms with Gasteiger partial charge < -0.3 is 9.80 Å². The van der Waals surface area contributed by atoms with Crippen LogP contribution in [0, 0.1) is 12.7 Å². The quantitative estimate of drug-likeness (QED) is 0.645. The van der Waals surface area contributed by atoms with Crippen molar-refractivity contribution in [1.29, 1.82) is 0 Å². The van der Waals surface area contributed by atoms with Gasteiger partial charge >= 0.3 is 0 Å². The number of anilines is 2. The zero-order valence-corrected chi connectivity index (χ0v) is 18.0. The molecule has 2 aliphatic rings. The number of fused-ring (bicyclic) bond motifs is 1. The third-order valence-electron chi connectivity index (χ3n) is 6.24. The van der Waals surface area contributed by atoms with Gasteiger partial charge in [-0.3, -0.25) is 4.90 Å². The van der Waals surface area contributed by atoms with Crippen LogP contribution >= 0.6 is 0 Å². The van der Waals surface area contributed by atoms with Crippen LogP contribution < -0.4 is 9.80 Å². The minimum atomic E-state index is -0.156. The van der Waals surface area contributed by atoms with Gasteiger partial charge in [-0.2, -0.15) is 0 Å². The molecule has 3 heterocycles. The van der Waals surface area contributed by atoms with Gasteiger partial charge in [0.15, 0.2) is 0 Å². The van der Waals surface area contributed by atoms with E-state index < -0.39 is 0 Å². The van der Waals surface area contributed by atoms with Gasteiger partial charge in [0.25, 0.3) is 0 Å². The fraction of sp³-hybridized carbons (Fsp3) is 0.360. The first-order chi connectivity index (χ1) is 15.2. The summed E-state index contributed by atoms with van der Waals surface area (Å²) < 4.78 is 14.1. The summed E-state index contributed by atoms with van der Waals surface area (Å²) in [5, 5.41) is 0. The minimum absolute atomic E-state index is 0.156. The van der Waals surface area contributed by atoms with Gasteiger partial charge in [-0.05, 0) is 24.6 Å². The first-order valence-corrected chi connectivity index (χ1v) is 11.0. The summed E-state index contributed by atoms with van der Waals surface area (Å²) in [5.41, 5.74) is 5.74. The maximum Gasteiger partial charge on any atom is 0.225 e. The highest BCUT2D eigenvalue weighted by Gasteiger charge is 2.23. The Morgan fingerprint density at radius 1 is 0.935 bits per heavy atom. The molecule has 1 aromatic heterocycles. The van der Waals surface area contributed by atoms with Crippen LogP contribution in [0.3, 0.4) is 0 Å². The maximum absolute atomic E-state index is 14.1. The highest BCUT2D eigenvalue weighted by Crippen LogP contribution is 2.24. The first-order valence-electron chi connectivity index (χ1n) is 11.0. The molecule has 2 aromatic carbocycles. The highest BCUT2D eigenvalue weighted by atomic mass is 19.1. The summed E-state index contributed by atoms with van der Waals surface area (Å²) in [6.07, 6.45) is 2.95. The third kappa shape index (κ3) is 4.39. The van der Waals surface area contributed by atoms with Crippen LogP contribution in [0.1, 0.15) is 22.4 Å². The zero-order chi connectivity index (χ0) is 21.2. The number of hydrogen-bond acceptors (Lipinski definition) is 5. The SMILES string of the molecule is Cc1cccc(CN2CCc3nc(N4CCN(c5ccccc5F)CC4)ncc3C2)c1. The molecule has 2 aliphatic heterocycles. The lowest BCUT2D eigenvalue weighted by Gasteiger charge is -2.36. The Morgan fingerprint density at radius 3 is 2.55 bits per heavy atom. The Morgan fingerprint density at radius 2 is 1.74 bits per heavy atom. The molecule has 0 amide bonds. The van der Waals surface area contributed by atoms with E-state index in [4.69, 9.17) is 4.98 Å². The smallest absolute Gasteiger partial charge is 0.225 e. The number of aromatic nitrogens is 2. The maximum atomic E-state index is 14.1. The van der Waals surface area contributed by atoms with Crippen LogP contribution in [0.2, 0.25) is 0 Å². The molecular formula is C25H28FN5. The molecule has 5 rings (SSSR count). The van der Waals surface area contributed by atoms with Gasteiger partial charge in [-0.25, -0.2) is 14.4 Å². The molecule has 0 N–H and O–H groups in total. The lowest BCUT2D eigenvalue weighted by Crippen LogP contribution is -2.47. The van der Waals surface area contributed by atoms with E-state index >= 15 is 0 Å². The average molecular weight is 418 g/mol. The zero-order valence-electron chi connectivity index (χ0n) is 18.0. The van der Waals surface area contributed by atoms with Crippen molar-refractivity contribution in [1.82, 2.24) is 14.9 Å². The van der Waals surface area contributed by atoms with Gasteiger partial charge in [0.05, 0.1) is 11.4 Å². The number of nitrogens with zero attached hydrogens (tertiary/aromatic N) is 5. The van der Waals surface area contributed by atoms with Crippen LogP contribution in [0.4, 0.5) is 16.0 Å². The van der Waals surface area contributed by atoms with E-state index in [2.05, 4.69) is 50.9 Å². The summed E-state index contributed by atoms with van der Waals surface area (Å²) in [7, 11) is 0. The topological polar surface area (TPSA) is 35.5 Å². The molecule has 0 unspecified atom stereocenters. The van der Waals surface area contributed by atoms with Crippen LogP contribution in [-0.2, 0) is 19.5 Å². The van der Waals surface area contributed by atoms with Gasteiger partial charge in [0.1, 0.15) is 5.82 Å². The molecule has 5 nitrogen and oxygen atoms in total. The number of aryl methyl sites for hydroxylation is 1. The number of benzene rings is 2. The molecule has 1 saturated heterocycles. The predicted molar refractivity (Wildman–Crippen MR) is 122 cm³/mol. The van der Waals surface area contributed by atoms with Crippen molar-refractivity contribution in [3.05, 3.63) is 82.9 Å². The average Bonchev–Trinajstić information content (AvgIpc) is 2.79. The Bertz CT molecular complexity index is 1060. The fourth-order valence-electron chi connectivity index (χ4n) is 4.58. The first kappa shape index (κ1) is 19.9. The highest BCUT2D eigenvalue weighted by molar-refractivity contribution is 5.49. The summed E-state index contributed by atoms with van der Waals surface area (Å²) in [6, 6.07) is 15.7. The van der Waals surface area contributed by atoms with Crippen molar-refractivity contribution < 1.29 is 4.39 Å². The van der Waals surface area contributed by atoms with E-state index in [0.717, 1.165) is 58.2 Å². The van der Waals surface area contributed by atoms with Crippen LogP contribution in [0.25, 0.3) is 0 Å². The largest absolute Gasteiger partial charge is 0.366 e. The molecular weight excluding hydrogens is 389 g/mol. The second kappa shape index (κ2) is 8.63. The molecule has 31 heavy (non-hydrogen) atoms. The third-order valence-corrected chi connectivity index (χ3v) is 6.24. The number of piperazine rings is 1. The van der Waals surface area contributed by atoms with Crippen LogP contribution in [0.15, 0.2) is 54.7 Å². The van der Waals surface area contributed by atoms with E-state index in [0.29, 0.717) is 5.69 Å². The Kier molecular flexibility index (Phi) is 5.55. The Hall–Kier alpha value is -2.99. The molecule has 6 heteroatoms. The van der Waals surface area contributed by atoms with Gasteiger partial charge in [0.2, 0.25) is 5.95 Å². The monoisotopic (exact) mass is 417 g/mol. The van der Waals surface area contributed by atoms with E-state index in [1.165, 1.54) is 28.5 Å². The lowest BCUT2D eigenvalue weighted by molar-refractivity contribution is 0.243. The van der Waals surface area contributed by atoms with Crippen molar-refractivity contribution >= 4 is 11.6 Å². The molecule has 0 atom stereocenters. The fourth-order valence-corrected chi connectivity index (χ4v) is 4.58. The lowest BCUT2D eigenvalue weighted by atomic mass is 10.1. The predicted octanol–water partition coefficient (Wildman–Crippen LogP) is 3.81. The Labute approximate surface area is 183 Å². The molecule has 0 saturated carbocycles. The van der Waals surface area contributed by atoms with Gasteiger partial charge in [-0.15, -0.1) is 0 Å². The number of rotatable bonds is 4. The normalized spacial score (nSPS) is 17.0. The molecule has 0 aliphatic carbocycles. The van der Waals surface area contributed by atoms with Crippen molar-refractivity contribution in [2.24, 2.45) is 0 Å². The number of para-hydroxylation sites is 1. The molecule has 1 fully saturated rings. The minimum Gasteiger partial charge on any atom is -0.366 e. The van der Waals surface area contributed by atoms with Crippen LogP contribution in [0.5, 0.6) is 0 Å². The van der Waals surface area contributed by atoms with E-state index in [9.17, 15) is 4.39 Å². The second-order valence-electron chi connectivity index (χ2n) is 8.52. The molecule has 0 radical (unpaired) electrons.